The van der Waals surface area contributed by atoms with E-state index in [0.717, 1.165) is 12.0 Å². The summed E-state index contributed by atoms with van der Waals surface area (Å²) in [5.41, 5.74) is 2.85. The second-order valence-electron chi connectivity index (χ2n) is 4.76. The summed E-state index contributed by atoms with van der Waals surface area (Å²) in [5, 5.41) is 13.2. The van der Waals surface area contributed by atoms with E-state index in [-0.39, 0.29) is 17.4 Å². The number of fused-ring (bicyclic) bond motifs is 1. The highest BCUT2D eigenvalue weighted by molar-refractivity contribution is 5.91. The fourth-order valence-electron chi connectivity index (χ4n) is 2.34. The van der Waals surface area contributed by atoms with Gasteiger partial charge in [-0.1, -0.05) is 11.2 Å². The summed E-state index contributed by atoms with van der Waals surface area (Å²) in [6, 6.07) is 6.93. The highest BCUT2D eigenvalue weighted by Crippen LogP contribution is 2.24. The zero-order valence-corrected chi connectivity index (χ0v) is 10.6. The number of phenols is 1. The Morgan fingerprint density at radius 2 is 2.21 bits per heavy atom. The summed E-state index contributed by atoms with van der Waals surface area (Å²) in [7, 11) is 0. The Morgan fingerprint density at radius 3 is 2.95 bits per heavy atom. The topological polar surface area (TPSA) is 66.6 Å². The van der Waals surface area contributed by atoms with E-state index in [1.807, 2.05) is 6.07 Å². The maximum atomic E-state index is 12.2. The molecular formula is C14H14N2O3. The summed E-state index contributed by atoms with van der Waals surface area (Å²) in [5.74, 6) is 0.333. The lowest BCUT2D eigenvalue weighted by Gasteiger charge is -2.28. The van der Waals surface area contributed by atoms with Gasteiger partial charge in [-0.15, -0.1) is 0 Å². The van der Waals surface area contributed by atoms with Gasteiger partial charge in [-0.2, -0.15) is 0 Å². The molecule has 1 aromatic carbocycles. The molecule has 1 N–H and O–H groups in total. The average Bonchev–Trinajstić information content (AvgIpc) is 2.83. The number of aromatic hydroxyl groups is 1. The van der Waals surface area contributed by atoms with Gasteiger partial charge in [-0.05, 0) is 36.6 Å². The zero-order chi connectivity index (χ0) is 13.4. The molecular weight excluding hydrogens is 244 g/mol. The van der Waals surface area contributed by atoms with E-state index >= 15 is 0 Å². The van der Waals surface area contributed by atoms with Crippen molar-refractivity contribution in [3.63, 3.8) is 0 Å². The molecule has 0 atom stereocenters. The van der Waals surface area contributed by atoms with E-state index in [4.69, 9.17) is 4.52 Å². The first-order valence-corrected chi connectivity index (χ1v) is 6.17. The number of hydrogen-bond donors (Lipinski definition) is 1. The summed E-state index contributed by atoms with van der Waals surface area (Å²) in [6.07, 6.45) is 0.786. The Labute approximate surface area is 110 Å². The van der Waals surface area contributed by atoms with Crippen molar-refractivity contribution < 1.29 is 14.4 Å². The lowest BCUT2D eigenvalue weighted by atomic mass is 9.99. The average molecular weight is 258 g/mol. The molecule has 3 rings (SSSR count). The second kappa shape index (κ2) is 4.42. The van der Waals surface area contributed by atoms with E-state index in [2.05, 4.69) is 5.16 Å². The molecule has 0 saturated carbocycles. The van der Waals surface area contributed by atoms with Gasteiger partial charge in [0.25, 0.3) is 5.91 Å². The van der Waals surface area contributed by atoms with Crippen molar-refractivity contribution in [2.24, 2.45) is 0 Å². The molecule has 0 unspecified atom stereocenters. The van der Waals surface area contributed by atoms with Crippen molar-refractivity contribution in [2.45, 2.75) is 19.9 Å². The molecule has 2 aromatic rings. The van der Waals surface area contributed by atoms with E-state index in [1.54, 1.807) is 30.0 Å². The van der Waals surface area contributed by atoms with E-state index in [0.29, 0.717) is 18.8 Å². The zero-order valence-electron chi connectivity index (χ0n) is 10.6. The molecule has 98 valence electrons. The van der Waals surface area contributed by atoms with Crippen LogP contribution in [0, 0.1) is 6.92 Å². The van der Waals surface area contributed by atoms with Crippen molar-refractivity contribution in [2.75, 3.05) is 6.54 Å². The molecule has 0 spiro atoms. The molecule has 0 fully saturated rings. The molecule has 0 saturated heterocycles. The van der Waals surface area contributed by atoms with Crippen LogP contribution in [0.25, 0.3) is 0 Å². The number of amides is 1. The number of aromatic nitrogens is 1. The summed E-state index contributed by atoms with van der Waals surface area (Å²) < 4.78 is 5.00. The standard InChI is InChI=1S/C14H14N2O3/c1-9-6-13(19-15-9)14(18)16-5-4-10-2-3-12(17)7-11(10)8-16/h2-3,6-7,17H,4-5,8H2,1H3. The highest BCUT2D eigenvalue weighted by atomic mass is 16.5. The Balaban J connectivity index is 1.83. The van der Waals surface area contributed by atoms with Crippen LogP contribution in [0.2, 0.25) is 0 Å². The third kappa shape index (κ3) is 2.19. The van der Waals surface area contributed by atoms with Gasteiger partial charge in [-0.25, -0.2) is 0 Å². The van der Waals surface area contributed by atoms with Crippen molar-refractivity contribution in [3.05, 3.63) is 46.8 Å². The number of nitrogens with zero attached hydrogens (tertiary/aromatic N) is 2. The van der Waals surface area contributed by atoms with Crippen molar-refractivity contribution in [1.82, 2.24) is 10.1 Å². The summed E-state index contributed by atoms with van der Waals surface area (Å²) in [6.45, 7) is 2.92. The van der Waals surface area contributed by atoms with Crippen LogP contribution >= 0.6 is 0 Å². The number of hydrogen-bond acceptors (Lipinski definition) is 4. The van der Waals surface area contributed by atoms with Crippen LogP contribution < -0.4 is 0 Å². The molecule has 0 bridgehead atoms. The number of benzene rings is 1. The number of rotatable bonds is 1. The van der Waals surface area contributed by atoms with E-state index in [9.17, 15) is 9.90 Å². The predicted octanol–water partition coefficient (Wildman–Crippen LogP) is 1.89. The van der Waals surface area contributed by atoms with Crippen LogP contribution in [0.15, 0.2) is 28.8 Å². The number of aryl methyl sites for hydroxylation is 1. The summed E-state index contributed by atoms with van der Waals surface area (Å²) in [4.78, 5) is 13.9. The molecule has 0 radical (unpaired) electrons. The van der Waals surface area contributed by atoms with Gasteiger partial charge >= 0.3 is 0 Å². The fraction of sp³-hybridized carbons (Fsp3) is 0.286. The normalized spacial score (nSPS) is 14.3. The highest BCUT2D eigenvalue weighted by Gasteiger charge is 2.24. The molecule has 19 heavy (non-hydrogen) atoms. The maximum absolute atomic E-state index is 12.2. The molecule has 1 aliphatic rings. The van der Waals surface area contributed by atoms with Crippen LogP contribution in [0.3, 0.4) is 0 Å². The smallest absolute Gasteiger partial charge is 0.292 e. The second-order valence-corrected chi connectivity index (χ2v) is 4.76. The monoisotopic (exact) mass is 258 g/mol. The third-order valence-electron chi connectivity index (χ3n) is 3.33. The molecule has 2 heterocycles. The Morgan fingerprint density at radius 1 is 1.37 bits per heavy atom. The minimum absolute atomic E-state index is 0.158. The molecule has 1 aliphatic heterocycles. The van der Waals surface area contributed by atoms with Crippen LogP contribution in [0.4, 0.5) is 0 Å². The number of phenolic OH excluding ortho intramolecular Hbond substituents is 1. The minimum atomic E-state index is -0.158. The van der Waals surface area contributed by atoms with Crippen LogP contribution in [0.5, 0.6) is 5.75 Å². The van der Waals surface area contributed by atoms with E-state index in [1.165, 1.54) is 5.56 Å². The molecule has 5 heteroatoms. The van der Waals surface area contributed by atoms with Crippen molar-refractivity contribution >= 4 is 5.91 Å². The van der Waals surface area contributed by atoms with Gasteiger partial charge in [0.1, 0.15) is 5.75 Å². The first kappa shape index (κ1) is 11.8. The number of carbonyl (C=O) groups is 1. The first-order valence-electron chi connectivity index (χ1n) is 6.17. The van der Waals surface area contributed by atoms with Gasteiger partial charge in [-0.3, -0.25) is 4.79 Å². The van der Waals surface area contributed by atoms with Crippen molar-refractivity contribution in [3.8, 4) is 5.75 Å². The summed E-state index contributed by atoms with van der Waals surface area (Å²) >= 11 is 0. The third-order valence-corrected chi connectivity index (χ3v) is 3.33. The Hall–Kier alpha value is -2.30. The van der Waals surface area contributed by atoms with Gasteiger partial charge in [0.15, 0.2) is 0 Å². The molecule has 5 nitrogen and oxygen atoms in total. The van der Waals surface area contributed by atoms with Gasteiger partial charge in [0.05, 0.1) is 5.69 Å². The quantitative estimate of drug-likeness (QED) is 0.848. The lowest BCUT2D eigenvalue weighted by Crippen LogP contribution is -2.35. The SMILES string of the molecule is Cc1cc(C(=O)N2CCc3ccc(O)cc3C2)on1. The predicted molar refractivity (Wildman–Crippen MR) is 67.8 cm³/mol. The fourth-order valence-corrected chi connectivity index (χ4v) is 2.34. The first-order chi connectivity index (χ1) is 9.13. The van der Waals surface area contributed by atoms with Crippen LogP contribution in [-0.2, 0) is 13.0 Å². The number of carbonyl (C=O) groups excluding carboxylic acids is 1. The Kier molecular flexibility index (Phi) is 2.74. The van der Waals surface area contributed by atoms with E-state index < -0.39 is 0 Å². The van der Waals surface area contributed by atoms with Crippen molar-refractivity contribution in [1.29, 1.82) is 0 Å². The van der Waals surface area contributed by atoms with Crippen LogP contribution in [-0.4, -0.2) is 27.6 Å². The minimum Gasteiger partial charge on any atom is -0.508 e. The molecule has 1 amide bonds. The van der Waals surface area contributed by atoms with Gasteiger partial charge < -0.3 is 14.5 Å². The molecule has 0 aliphatic carbocycles. The Bertz CT molecular complexity index is 633. The van der Waals surface area contributed by atoms with Gasteiger partial charge in [0.2, 0.25) is 5.76 Å². The lowest BCUT2D eigenvalue weighted by molar-refractivity contribution is 0.0692. The largest absolute Gasteiger partial charge is 0.508 e. The molecule has 1 aromatic heterocycles. The van der Waals surface area contributed by atoms with Crippen LogP contribution in [0.1, 0.15) is 27.4 Å². The maximum Gasteiger partial charge on any atom is 0.292 e. The van der Waals surface area contributed by atoms with Gasteiger partial charge in [0, 0.05) is 19.2 Å².